The van der Waals surface area contributed by atoms with Crippen LogP contribution in [0.15, 0.2) is 54.6 Å². The summed E-state index contributed by atoms with van der Waals surface area (Å²) < 4.78 is 10.9. The van der Waals surface area contributed by atoms with Crippen molar-refractivity contribution in [3.8, 4) is 5.75 Å². The quantitative estimate of drug-likeness (QED) is 0.544. The van der Waals surface area contributed by atoms with Crippen molar-refractivity contribution in [2.75, 3.05) is 18.1 Å². The molecule has 1 heterocycles. The molecule has 1 aliphatic rings. The number of nitrogens with zero attached hydrogens (tertiary/aromatic N) is 1. The molecular weight excluding hydrogens is 358 g/mol. The van der Waals surface area contributed by atoms with E-state index in [9.17, 15) is 14.4 Å². The Hall–Kier alpha value is -3.15. The molecule has 28 heavy (non-hydrogen) atoms. The lowest BCUT2D eigenvalue weighted by Crippen LogP contribution is -2.30. The summed E-state index contributed by atoms with van der Waals surface area (Å²) >= 11 is 0. The average Bonchev–Trinajstić information content (AvgIpc) is 3.10. The maximum atomic E-state index is 12.5. The Morgan fingerprint density at radius 2 is 1.79 bits per heavy atom. The fourth-order valence-corrected chi connectivity index (χ4v) is 3.22. The number of hydrogen-bond acceptors (Lipinski definition) is 5. The molecule has 0 bridgehead atoms. The van der Waals surface area contributed by atoms with Gasteiger partial charge in [0, 0.05) is 18.5 Å². The summed E-state index contributed by atoms with van der Waals surface area (Å²) in [5.41, 5.74) is 1.12. The van der Waals surface area contributed by atoms with Crippen molar-refractivity contribution in [3.05, 3.63) is 60.2 Å². The van der Waals surface area contributed by atoms with Crippen LogP contribution in [-0.4, -0.2) is 36.9 Å². The van der Waals surface area contributed by atoms with Crippen LogP contribution < -0.4 is 9.64 Å². The van der Waals surface area contributed by atoms with Gasteiger partial charge in [0.05, 0.1) is 18.2 Å². The van der Waals surface area contributed by atoms with Gasteiger partial charge in [0.2, 0.25) is 11.7 Å². The van der Waals surface area contributed by atoms with Gasteiger partial charge in [-0.2, -0.15) is 0 Å². The van der Waals surface area contributed by atoms with Gasteiger partial charge in [0.15, 0.2) is 6.10 Å². The second-order valence-electron chi connectivity index (χ2n) is 6.62. The topological polar surface area (TPSA) is 72.9 Å². The first-order valence-electron chi connectivity index (χ1n) is 9.33. The van der Waals surface area contributed by atoms with Crippen molar-refractivity contribution in [1.29, 1.82) is 0 Å². The molecule has 0 aromatic heterocycles. The monoisotopic (exact) mass is 381 g/mol. The van der Waals surface area contributed by atoms with Crippen LogP contribution in [0.1, 0.15) is 30.6 Å². The first-order chi connectivity index (χ1) is 13.5. The Morgan fingerprint density at radius 1 is 1.11 bits per heavy atom. The lowest BCUT2D eigenvalue weighted by atomic mass is 10.1. The van der Waals surface area contributed by atoms with Gasteiger partial charge in [-0.3, -0.25) is 14.4 Å². The van der Waals surface area contributed by atoms with E-state index in [4.69, 9.17) is 9.47 Å². The molecule has 146 valence electrons. The molecule has 0 N–H and O–H groups in total. The van der Waals surface area contributed by atoms with Crippen LogP contribution >= 0.6 is 0 Å². The number of esters is 1. The highest BCUT2D eigenvalue weighted by atomic mass is 16.5. The van der Waals surface area contributed by atoms with Gasteiger partial charge in [0.1, 0.15) is 5.75 Å². The van der Waals surface area contributed by atoms with Gasteiger partial charge in [-0.15, -0.1) is 0 Å². The van der Waals surface area contributed by atoms with Crippen molar-refractivity contribution in [2.24, 2.45) is 5.92 Å². The molecule has 0 radical (unpaired) electrons. The van der Waals surface area contributed by atoms with Gasteiger partial charge < -0.3 is 14.4 Å². The van der Waals surface area contributed by atoms with E-state index in [0.29, 0.717) is 23.6 Å². The van der Waals surface area contributed by atoms with Crippen molar-refractivity contribution in [3.63, 3.8) is 0 Å². The molecule has 0 unspecified atom stereocenters. The number of hydrogen-bond donors (Lipinski definition) is 0. The third-order valence-corrected chi connectivity index (χ3v) is 4.63. The molecule has 0 aliphatic carbocycles. The summed E-state index contributed by atoms with van der Waals surface area (Å²) in [6, 6.07) is 15.9. The van der Waals surface area contributed by atoms with E-state index in [1.807, 2.05) is 25.1 Å². The molecule has 6 heteroatoms. The van der Waals surface area contributed by atoms with Gasteiger partial charge in [0.25, 0.3) is 0 Å². The highest BCUT2D eigenvalue weighted by Gasteiger charge is 2.38. The lowest BCUT2D eigenvalue weighted by molar-refractivity contribution is -0.151. The molecular formula is C22H23NO5. The van der Waals surface area contributed by atoms with Crippen molar-refractivity contribution < 1.29 is 23.9 Å². The number of carbonyl (C=O) groups excluding carboxylic acids is 3. The van der Waals surface area contributed by atoms with E-state index in [2.05, 4.69) is 0 Å². The predicted molar refractivity (Wildman–Crippen MR) is 104 cm³/mol. The van der Waals surface area contributed by atoms with Crippen LogP contribution in [0.4, 0.5) is 5.69 Å². The van der Waals surface area contributed by atoms with Gasteiger partial charge in [-0.1, -0.05) is 42.5 Å². The molecule has 1 amide bonds. The normalized spacial score (nSPS) is 17.3. The SMILES string of the molecule is CCOc1ccccc1N1C[C@@H](C(=O)O[C@H](C)C(=O)c2ccccc2)CC1=O. The Bertz CT molecular complexity index is 864. The first kappa shape index (κ1) is 19.6. The highest BCUT2D eigenvalue weighted by Crippen LogP contribution is 2.33. The summed E-state index contributed by atoms with van der Waals surface area (Å²) in [5.74, 6) is -0.998. The van der Waals surface area contributed by atoms with Crippen molar-refractivity contribution in [1.82, 2.24) is 0 Å². The van der Waals surface area contributed by atoms with E-state index >= 15 is 0 Å². The predicted octanol–water partition coefficient (Wildman–Crippen LogP) is 3.25. The maximum Gasteiger partial charge on any atom is 0.312 e. The van der Waals surface area contributed by atoms with Crippen LogP contribution in [0.5, 0.6) is 5.75 Å². The first-order valence-corrected chi connectivity index (χ1v) is 9.33. The fourth-order valence-electron chi connectivity index (χ4n) is 3.22. The van der Waals surface area contributed by atoms with Crippen LogP contribution in [0.2, 0.25) is 0 Å². The number of rotatable bonds is 7. The molecule has 2 aromatic carbocycles. The van der Waals surface area contributed by atoms with E-state index in [0.717, 1.165) is 0 Å². The Balaban J connectivity index is 1.66. The van der Waals surface area contributed by atoms with Crippen LogP contribution in [0, 0.1) is 5.92 Å². The zero-order chi connectivity index (χ0) is 20.1. The third kappa shape index (κ3) is 4.22. The largest absolute Gasteiger partial charge is 0.492 e. The summed E-state index contributed by atoms with van der Waals surface area (Å²) in [5, 5.41) is 0. The molecule has 1 aliphatic heterocycles. The highest BCUT2D eigenvalue weighted by molar-refractivity contribution is 6.02. The molecule has 6 nitrogen and oxygen atoms in total. The van der Waals surface area contributed by atoms with Crippen molar-refractivity contribution >= 4 is 23.3 Å². The number of ketones is 1. The van der Waals surface area contributed by atoms with Gasteiger partial charge in [-0.25, -0.2) is 0 Å². The van der Waals surface area contributed by atoms with Gasteiger partial charge >= 0.3 is 5.97 Å². The minimum Gasteiger partial charge on any atom is -0.492 e. The van der Waals surface area contributed by atoms with E-state index in [-0.39, 0.29) is 24.7 Å². The third-order valence-electron chi connectivity index (χ3n) is 4.63. The van der Waals surface area contributed by atoms with Crippen LogP contribution in [0.25, 0.3) is 0 Å². The molecule has 1 saturated heterocycles. The average molecular weight is 381 g/mol. The van der Waals surface area contributed by atoms with E-state index in [1.165, 1.54) is 0 Å². The Labute approximate surface area is 164 Å². The number of anilines is 1. The molecule has 2 aromatic rings. The van der Waals surface area contributed by atoms with Crippen molar-refractivity contribution in [2.45, 2.75) is 26.4 Å². The molecule has 3 rings (SSSR count). The number of carbonyl (C=O) groups is 3. The summed E-state index contributed by atoms with van der Waals surface area (Å²) in [4.78, 5) is 39.0. The summed E-state index contributed by atoms with van der Waals surface area (Å²) in [7, 11) is 0. The maximum absolute atomic E-state index is 12.5. The lowest BCUT2D eigenvalue weighted by Gasteiger charge is -2.20. The zero-order valence-corrected chi connectivity index (χ0v) is 16.0. The van der Waals surface area contributed by atoms with E-state index < -0.39 is 18.0 Å². The van der Waals surface area contributed by atoms with E-state index in [1.54, 1.807) is 48.2 Å². The fraction of sp³-hybridized carbons (Fsp3) is 0.318. The van der Waals surface area contributed by atoms with Gasteiger partial charge in [-0.05, 0) is 26.0 Å². The Morgan fingerprint density at radius 3 is 2.50 bits per heavy atom. The van der Waals surface area contributed by atoms with Crippen LogP contribution in [0.3, 0.4) is 0 Å². The second kappa shape index (κ2) is 8.69. The number of Topliss-reactive ketones (excluding diaryl/α,β-unsaturated/α-hetero) is 1. The second-order valence-corrected chi connectivity index (χ2v) is 6.62. The standard InChI is InChI=1S/C22H23NO5/c1-3-27-19-12-8-7-11-18(19)23-14-17(13-20(23)24)22(26)28-15(2)21(25)16-9-5-4-6-10-16/h4-12,15,17H,3,13-14H2,1-2H3/t15-,17+/m1/s1. The molecule has 2 atom stereocenters. The minimum absolute atomic E-state index is 0.0472. The summed E-state index contributed by atoms with van der Waals surface area (Å²) in [6.07, 6.45) is -0.860. The number of para-hydroxylation sites is 2. The van der Waals surface area contributed by atoms with Crippen LogP contribution in [-0.2, 0) is 14.3 Å². The zero-order valence-electron chi connectivity index (χ0n) is 16.0. The molecule has 1 fully saturated rings. The molecule has 0 saturated carbocycles. The number of benzene rings is 2. The minimum atomic E-state index is -0.908. The Kier molecular flexibility index (Phi) is 6.09. The number of amides is 1. The molecule has 0 spiro atoms. The smallest absolute Gasteiger partial charge is 0.312 e. The summed E-state index contributed by atoms with van der Waals surface area (Å²) in [6.45, 7) is 4.09. The number of ether oxygens (including phenoxy) is 2.